The zero-order valence-electron chi connectivity index (χ0n) is 11.2. The molecule has 2 rings (SSSR count). The average Bonchev–Trinajstić information content (AvgIpc) is 2.64. The summed E-state index contributed by atoms with van der Waals surface area (Å²) >= 11 is 0. The van der Waals surface area contributed by atoms with Crippen LogP contribution in [-0.2, 0) is 13.6 Å². The molecule has 96 valence electrons. The molecule has 5 nitrogen and oxygen atoms in total. The molecule has 0 spiro atoms. The maximum Gasteiger partial charge on any atom is 0.122 e. The van der Waals surface area contributed by atoms with Gasteiger partial charge in [-0.1, -0.05) is 0 Å². The van der Waals surface area contributed by atoms with Crippen molar-refractivity contribution in [2.45, 2.75) is 20.4 Å². The minimum absolute atomic E-state index is 0.657. The summed E-state index contributed by atoms with van der Waals surface area (Å²) in [7, 11) is 3.57. The molecule has 0 fully saturated rings. The summed E-state index contributed by atoms with van der Waals surface area (Å²) in [5.41, 5.74) is 3.92. The zero-order valence-corrected chi connectivity index (χ0v) is 11.2. The quantitative estimate of drug-likeness (QED) is 0.897. The van der Waals surface area contributed by atoms with Gasteiger partial charge in [0.25, 0.3) is 0 Å². The number of hydrogen-bond acceptors (Lipinski definition) is 4. The van der Waals surface area contributed by atoms with Crippen molar-refractivity contribution in [2.24, 2.45) is 7.05 Å². The maximum atomic E-state index is 5.23. The van der Waals surface area contributed by atoms with Crippen LogP contribution < -0.4 is 10.1 Å². The normalized spacial score (nSPS) is 10.4. The predicted octanol–water partition coefficient (Wildman–Crippen LogP) is 2.05. The van der Waals surface area contributed by atoms with E-state index in [0.29, 0.717) is 6.54 Å². The van der Waals surface area contributed by atoms with E-state index in [1.54, 1.807) is 11.8 Å². The topological polar surface area (TPSA) is 52.0 Å². The van der Waals surface area contributed by atoms with E-state index in [1.165, 1.54) is 0 Å². The summed E-state index contributed by atoms with van der Waals surface area (Å²) in [5.74, 6) is 0.835. The van der Waals surface area contributed by atoms with Crippen LogP contribution in [0.15, 0.2) is 18.3 Å². The Morgan fingerprint density at radius 3 is 2.72 bits per heavy atom. The lowest BCUT2D eigenvalue weighted by Gasteiger charge is -2.07. The minimum Gasteiger partial charge on any atom is -0.497 e. The smallest absolute Gasteiger partial charge is 0.122 e. The number of ether oxygens (including phenoxy) is 1. The van der Waals surface area contributed by atoms with Crippen LogP contribution in [0.4, 0.5) is 5.69 Å². The lowest BCUT2D eigenvalue weighted by atomic mass is 10.3. The van der Waals surface area contributed by atoms with E-state index in [9.17, 15) is 0 Å². The Morgan fingerprint density at radius 2 is 2.11 bits per heavy atom. The van der Waals surface area contributed by atoms with Crippen molar-refractivity contribution in [3.05, 3.63) is 35.4 Å². The van der Waals surface area contributed by atoms with E-state index in [4.69, 9.17) is 4.74 Å². The Morgan fingerprint density at radius 1 is 1.33 bits per heavy atom. The Balaban J connectivity index is 2.10. The van der Waals surface area contributed by atoms with Crippen LogP contribution in [0.25, 0.3) is 0 Å². The number of rotatable bonds is 4. The van der Waals surface area contributed by atoms with Gasteiger partial charge in [-0.2, -0.15) is 5.10 Å². The van der Waals surface area contributed by atoms with Crippen LogP contribution >= 0.6 is 0 Å². The zero-order chi connectivity index (χ0) is 13.1. The first-order valence-electron chi connectivity index (χ1n) is 5.84. The fourth-order valence-corrected chi connectivity index (χ4v) is 1.87. The third kappa shape index (κ3) is 2.80. The van der Waals surface area contributed by atoms with E-state index >= 15 is 0 Å². The van der Waals surface area contributed by atoms with Crippen LogP contribution in [0.5, 0.6) is 5.75 Å². The number of anilines is 1. The highest BCUT2D eigenvalue weighted by molar-refractivity contribution is 5.45. The van der Waals surface area contributed by atoms with Crippen molar-refractivity contribution in [1.29, 1.82) is 0 Å². The lowest BCUT2D eigenvalue weighted by Crippen LogP contribution is -2.03. The first-order valence-corrected chi connectivity index (χ1v) is 5.84. The van der Waals surface area contributed by atoms with E-state index in [0.717, 1.165) is 28.5 Å². The van der Waals surface area contributed by atoms with E-state index in [2.05, 4.69) is 15.4 Å². The molecule has 2 aromatic heterocycles. The van der Waals surface area contributed by atoms with Crippen LogP contribution in [0, 0.1) is 13.8 Å². The molecule has 0 aromatic carbocycles. The first-order chi connectivity index (χ1) is 8.58. The second kappa shape index (κ2) is 5.08. The summed E-state index contributed by atoms with van der Waals surface area (Å²) in [6, 6.07) is 3.85. The highest BCUT2D eigenvalue weighted by Crippen LogP contribution is 2.16. The van der Waals surface area contributed by atoms with Gasteiger partial charge in [-0.05, 0) is 13.8 Å². The van der Waals surface area contributed by atoms with Crippen molar-refractivity contribution in [2.75, 3.05) is 12.4 Å². The van der Waals surface area contributed by atoms with Gasteiger partial charge in [0.1, 0.15) is 5.75 Å². The number of hydrogen-bond donors (Lipinski definition) is 1. The number of methoxy groups -OCH3 is 1. The molecule has 5 heteroatoms. The lowest BCUT2D eigenvalue weighted by molar-refractivity contribution is 0.413. The van der Waals surface area contributed by atoms with Crippen molar-refractivity contribution < 1.29 is 4.74 Å². The number of nitrogens with one attached hydrogen (secondary N) is 1. The van der Waals surface area contributed by atoms with Crippen molar-refractivity contribution >= 4 is 5.69 Å². The Labute approximate surface area is 107 Å². The fraction of sp³-hybridized carbons (Fsp3) is 0.385. The van der Waals surface area contributed by atoms with Gasteiger partial charge in [0.15, 0.2) is 0 Å². The number of pyridine rings is 1. The second-order valence-corrected chi connectivity index (χ2v) is 4.30. The Bertz CT molecular complexity index is 548. The predicted molar refractivity (Wildman–Crippen MR) is 70.8 cm³/mol. The molecule has 0 aliphatic rings. The van der Waals surface area contributed by atoms with Crippen molar-refractivity contribution in [3.63, 3.8) is 0 Å². The summed E-state index contributed by atoms with van der Waals surface area (Å²) < 4.78 is 7.02. The third-order valence-corrected chi connectivity index (χ3v) is 2.69. The van der Waals surface area contributed by atoms with E-state index < -0.39 is 0 Å². The summed E-state index contributed by atoms with van der Waals surface area (Å²) in [6.45, 7) is 4.60. The molecule has 0 aliphatic heterocycles. The van der Waals surface area contributed by atoms with E-state index in [-0.39, 0.29) is 0 Å². The third-order valence-electron chi connectivity index (χ3n) is 2.69. The van der Waals surface area contributed by atoms with Crippen molar-refractivity contribution in [3.8, 4) is 5.75 Å². The second-order valence-electron chi connectivity index (χ2n) is 4.30. The molecule has 0 saturated heterocycles. The molecule has 0 amide bonds. The highest BCUT2D eigenvalue weighted by Gasteiger charge is 2.04. The number of nitrogens with zero attached hydrogens (tertiary/aromatic N) is 3. The molecular weight excluding hydrogens is 228 g/mol. The van der Waals surface area contributed by atoms with Crippen LogP contribution in [0.1, 0.15) is 17.1 Å². The SMILES string of the molecule is COc1cc(C)nc(CNc2cn(C)nc2C)c1. The van der Waals surface area contributed by atoms with Gasteiger partial charge < -0.3 is 10.1 Å². The van der Waals surface area contributed by atoms with Crippen molar-refractivity contribution in [1.82, 2.24) is 14.8 Å². The largest absolute Gasteiger partial charge is 0.497 e. The van der Waals surface area contributed by atoms with Gasteiger partial charge in [0, 0.05) is 31.1 Å². The van der Waals surface area contributed by atoms with Crippen LogP contribution in [0.2, 0.25) is 0 Å². The van der Waals surface area contributed by atoms with Gasteiger partial charge in [0.05, 0.1) is 30.7 Å². The van der Waals surface area contributed by atoms with Gasteiger partial charge in [0.2, 0.25) is 0 Å². The number of aromatic nitrogens is 3. The van der Waals surface area contributed by atoms with Crippen LogP contribution in [-0.4, -0.2) is 21.9 Å². The molecule has 0 unspecified atom stereocenters. The molecule has 18 heavy (non-hydrogen) atoms. The highest BCUT2D eigenvalue weighted by atomic mass is 16.5. The Hall–Kier alpha value is -2.04. The van der Waals surface area contributed by atoms with E-state index in [1.807, 2.05) is 39.2 Å². The summed E-state index contributed by atoms with van der Waals surface area (Å²) in [4.78, 5) is 4.46. The molecule has 0 bridgehead atoms. The van der Waals surface area contributed by atoms with Gasteiger partial charge in [-0.25, -0.2) is 0 Å². The standard InChI is InChI=1S/C13H18N4O/c1-9-5-12(18-4)6-11(15-9)7-14-13-8-17(3)16-10(13)2/h5-6,8,14H,7H2,1-4H3. The first kappa shape index (κ1) is 12.4. The monoisotopic (exact) mass is 246 g/mol. The molecule has 0 aliphatic carbocycles. The number of aryl methyl sites for hydroxylation is 3. The molecule has 1 N–H and O–H groups in total. The van der Waals surface area contributed by atoms with Gasteiger partial charge in [-0.15, -0.1) is 0 Å². The Kier molecular flexibility index (Phi) is 3.50. The molecular formula is C13H18N4O. The van der Waals surface area contributed by atoms with Crippen LogP contribution in [0.3, 0.4) is 0 Å². The van der Waals surface area contributed by atoms with Gasteiger partial charge in [-0.3, -0.25) is 9.67 Å². The summed E-state index contributed by atoms with van der Waals surface area (Å²) in [6.07, 6.45) is 1.96. The molecule has 2 heterocycles. The maximum absolute atomic E-state index is 5.23. The molecule has 0 atom stereocenters. The molecule has 0 radical (unpaired) electrons. The average molecular weight is 246 g/mol. The summed E-state index contributed by atoms with van der Waals surface area (Å²) in [5, 5.41) is 7.61. The molecule has 2 aromatic rings. The minimum atomic E-state index is 0.657. The van der Waals surface area contributed by atoms with Gasteiger partial charge >= 0.3 is 0 Å². The fourth-order valence-electron chi connectivity index (χ4n) is 1.87. The molecule has 0 saturated carbocycles.